The zero-order valence-electron chi connectivity index (χ0n) is 11.1. The molecule has 5 nitrogen and oxygen atoms in total. The standard InChI is InChI=1S/C14H17N3O2/c1-5-14(18)16-12-7-6-8-13(9-12)19-11(2)15-10-17(3)4/h5-10H,1-2H2,3-4H3,(H,16,18)/b15-10-. The van der Waals surface area contributed by atoms with Crippen molar-refractivity contribution in [1.29, 1.82) is 0 Å². The van der Waals surface area contributed by atoms with Crippen LogP contribution in [0.15, 0.2) is 54.4 Å². The number of benzene rings is 1. The summed E-state index contributed by atoms with van der Waals surface area (Å²) in [5.74, 6) is 0.533. The van der Waals surface area contributed by atoms with Crippen LogP contribution in [-0.2, 0) is 4.79 Å². The van der Waals surface area contributed by atoms with Crippen LogP contribution < -0.4 is 10.1 Å². The molecule has 0 atom stereocenters. The third-order valence-corrected chi connectivity index (χ3v) is 1.96. The predicted octanol–water partition coefficient (Wildman–Crippen LogP) is 2.25. The molecule has 1 aromatic rings. The average Bonchev–Trinajstić information content (AvgIpc) is 2.36. The first kappa shape index (κ1) is 14.5. The van der Waals surface area contributed by atoms with Crippen LogP contribution in [0.1, 0.15) is 0 Å². The Balaban J connectivity index is 2.69. The summed E-state index contributed by atoms with van der Waals surface area (Å²) >= 11 is 0. The van der Waals surface area contributed by atoms with Gasteiger partial charge in [-0.3, -0.25) is 4.79 Å². The largest absolute Gasteiger partial charge is 0.440 e. The van der Waals surface area contributed by atoms with Gasteiger partial charge in [0.1, 0.15) is 5.75 Å². The van der Waals surface area contributed by atoms with Crippen molar-refractivity contribution >= 4 is 17.9 Å². The number of carbonyl (C=O) groups excluding carboxylic acids is 1. The van der Waals surface area contributed by atoms with Crippen LogP contribution in [0.4, 0.5) is 5.69 Å². The van der Waals surface area contributed by atoms with Gasteiger partial charge in [0, 0.05) is 25.8 Å². The highest BCUT2D eigenvalue weighted by molar-refractivity contribution is 5.98. The van der Waals surface area contributed by atoms with Gasteiger partial charge < -0.3 is 15.0 Å². The highest BCUT2D eigenvalue weighted by Crippen LogP contribution is 2.19. The summed E-state index contributed by atoms with van der Waals surface area (Å²) in [6.45, 7) is 7.07. The van der Waals surface area contributed by atoms with Gasteiger partial charge in [-0.25, -0.2) is 4.99 Å². The van der Waals surface area contributed by atoms with Gasteiger partial charge in [0.25, 0.3) is 0 Å². The molecule has 0 aliphatic carbocycles. The molecule has 1 N–H and O–H groups in total. The van der Waals surface area contributed by atoms with Gasteiger partial charge in [-0.05, 0) is 24.8 Å². The molecule has 0 aromatic heterocycles. The van der Waals surface area contributed by atoms with Crippen molar-refractivity contribution in [2.45, 2.75) is 0 Å². The molecule has 19 heavy (non-hydrogen) atoms. The molecule has 5 heteroatoms. The third kappa shape index (κ3) is 5.54. The molecule has 1 amide bonds. The topological polar surface area (TPSA) is 53.9 Å². The summed E-state index contributed by atoms with van der Waals surface area (Å²) in [7, 11) is 3.70. The number of aliphatic imine (C=N–C) groups is 1. The van der Waals surface area contributed by atoms with Gasteiger partial charge in [-0.2, -0.15) is 0 Å². The molecule has 100 valence electrons. The van der Waals surface area contributed by atoms with E-state index < -0.39 is 0 Å². The first-order valence-electron chi connectivity index (χ1n) is 5.62. The van der Waals surface area contributed by atoms with Crippen molar-refractivity contribution in [2.24, 2.45) is 4.99 Å². The Kier molecular flexibility index (Phi) is 5.35. The maximum Gasteiger partial charge on any atom is 0.247 e. The quantitative estimate of drug-likeness (QED) is 0.369. The van der Waals surface area contributed by atoms with Crippen LogP contribution in [0.25, 0.3) is 0 Å². The van der Waals surface area contributed by atoms with Crippen LogP contribution in [0.2, 0.25) is 0 Å². The fourth-order valence-corrected chi connectivity index (χ4v) is 1.17. The first-order valence-corrected chi connectivity index (χ1v) is 5.62. The van der Waals surface area contributed by atoms with E-state index >= 15 is 0 Å². The van der Waals surface area contributed by atoms with Gasteiger partial charge in [-0.1, -0.05) is 12.6 Å². The lowest BCUT2D eigenvalue weighted by Gasteiger charge is -2.08. The molecule has 0 fully saturated rings. The minimum atomic E-state index is -0.276. The summed E-state index contributed by atoms with van der Waals surface area (Å²) in [4.78, 5) is 17.0. The van der Waals surface area contributed by atoms with Gasteiger partial charge in [0.15, 0.2) is 0 Å². The molecule has 0 heterocycles. The monoisotopic (exact) mass is 259 g/mol. The molecule has 0 saturated carbocycles. The smallest absolute Gasteiger partial charge is 0.247 e. The van der Waals surface area contributed by atoms with Crippen molar-refractivity contribution in [1.82, 2.24) is 4.90 Å². The summed E-state index contributed by atoms with van der Waals surface area (Å²) in [6.07, 6.45) is 2.79. The second kappa shape index (κ2) is 7.00. The number of amides is 1. The van der Waals surface area contributed by atoms with E-state index in [9.17, 15) is 4.79 Å². The molecule has 0 aliphatic heterocycles. The molecular formula is C14H17N3O2. The number of hydrogen-bond acceptors (Lipinski definition) is 3. The summed E-state index contributed by atoms with van der Waals surface area (Å²) < 4.78 is 5.42. The van der Waals surface area contributed by atoms with Crippen molar-refractivity contribution in [3.05, 3.63) is 49.4 Å². The van der Waals surface area contributed by atoms with E-state index in [0.717, 1.165) is 0 Å². The Morgan fingerprint density at radius 3 is 2.84 bits per heavy atom. The molecule has 0 radical (unpaired) electrons. The second-order valence-electron chi connectivity index (χ2n) is 3.93. The number of nitrogens with zero attached hydrogens (tertiary/aromatic N) is 2. The minimum Gasteiger partial charge on any atom is -0.440 e. The Bertz CT molecular complexity index is 507. The number of carbonyl (C=O) groups is 1. The van der Waals surface area contributed by atoms with E-state index in [0.29, 0.717) is 11.4 Å². The van der Waals surface area contributed by atoms with Crippen molar-refractivity contribution in [2.75, 3.05) is 19.4 Å². The number of hydrogen-bond donors (Lipinski definition) is 1. The zero-order chi connectivity index (χ0) is 14.3. The number of rotatable bonds is 6. The predicted molar refractivity (Wildman–Crippen MR) is 77.2 cm³/mol. The molecule has 0 saturated heterocycles. The highest BCUT2D eigenvalue weighted by atomic mass is 16.5. The average molecular weight is 259 g/mol. The first-order chi connectivity index (χ1) is 9.01. The van der Waals surface area contributed by atoms with Crippen molar-refractivity contribution in [3.63, 3.8) is 0 Å². The molecule has 0 bridgehead atoms. The van der Waals surface area contributed by atoms with E-state index in [2.05, 4.69) is 23.5 Å². The highest BCUT2D eigenvalue weighted by Gasteiger charge is 2.01. The third-order valence-electron chi connectivity index (χ3n) is 1.96. The fourth-order valence-electron chi connectivity index (χ4n) is 1.17. The number of anilines is 1. The lowest BCUT2D eigenvalue weighted by atomic mass is 10.3. The lowest BCUT2D eigenvalue weighted by Crippen LogP contribution is -2.08. The molecule has 1 rings (SSSR count). The Labute approximate surface area is 112 Å². The van der Waals surface area contributed by atoms with E-state index in [1.165, 1.54) is 6.08 Å². The van der Waals surface area contributed by atoms with Crippen LogP contribution >= 0.6 is 0 Å². The van der Waals surface area contributed by atoms with Gasteiger partial charge in [0.05, 0.1) is 6.34 Å². The van der Waals surface area contributed by atoms with Gasteiger partial charge in [0.2, 0.25) is 11.8 Å². The van der Waals surface area contributed by atoms with Gasteiger partial charge >= 0.3 is 0 Å². The van der Waals surface area contributed by atoms with E-state index in [1.807, 2.05) is 14.1 Å². The molecule has 0 spiro atoms. The minimum absolute atomic E-state index is 0.265. The lowest BCUT2D eigenvalue weighted by molar-refractivity contribution is -0.111. The number of nitrogens with one attached hydrogen (secondary N) is 1. The number of ether oxygens (including phenoxy) is 1. The maximum absolute atomic E-state index is 11.2. The maximum atomic E-state index is 11.2. The zero-order valence-corrected chi connectivity index (χ0v) is 11.1. The second-order valence-corrected chi connectivity index (χ2v) is 3.93. The van der Waals surface area contributed by atoms with Crippen LogP contribution in [0.3, 0.4) is 0 Å². The Morgan fingerprint density at radius 1 is 1.47 bits per heavy atom. The summed E-state index contributed by atoms with van der Waals surface area (Å²) in [5.41, 5.74) is 0.617. The SMILES string of the molecule is C=CC(=O)Nc1cccc(OC(=C)/N=C\N(C)C)c1. The molecule has 0 aliphatic rings. The van der Waals surface area contributed by atoms with Crippen LogP contribution in [0.5, 0.6) is 5.75 Å². The van der Waals surface area contributed by atoms with E-state index in [1.54, 1.807) is 35.5 Å². The van der Waals surface area contributed by atoms with Crippen LogP contribution in [0, 0.1) is 0 Å². The molecule has 1 aromatic carbocycles. The normalized spacial score (nSPS) is 10.0. The molecule has 0 unspecified atom stereocenters. The van der Waals surface area contributed by atoms with Crippen LogP contribution in [-0.4, -0.2) is 31.2 Å². The Hall–Kier alpha value is -2.56. The van der Waals surface area contributed by atoms with Gasteiger partial charge in [-0.15, -0.1) is 0 Å². The van der Waals surface area contributed by atoms with Crippen molar-refractivity contribution < 1.29 is 9.53 Å². The van der Waals surface area contributed by atoms with E-state index in [-0.39, 0.29) is 11.8 Å². The summed E-state index contributed by atoms with van der Waals surface area (Å²) in [6, 6.07) is 6.94. The Morgan fingerprint density at radius 2 is 2.21 bits per heavy atom. The van der Waals surface area contributed by atoms with E-state index in [4.69, 9.17) is 4.74 Å². The molecular weight excluding hydrogens is 242 g/mol. The van der Waals surface area contributed by atoms with Crippen molar-refractivity contribution in [3.8, 4) is 5.75 Å². The summed E-state index contributed by atoms with van der Waals surface area (Å²) in [5, 5.41) is 2.64. The fraction of sp³-hybridized carbons (Fsp3) is 0.143.